The van der Waals surface area contributed by atoms with Crippen LogP contribution in [-0.2, 0) is 4.43 Å². The highest BCUT2D eigenvalue weighted by Gasteiger charge is 2.45. The molecule has 0 N–H and O–H groups in total. The van der Waals surface area contributed by atoms with Crippen molar-refractivity contribution in [1.82, 2.24) is 4.90 Å². The lowest BCUT2D eigenvalue weighted by Gasteiger charge is -2.42. The molecule has 5 heteroatoms. The molecule has 0 aromatic heterocycles. The predicted molar refractivity (Wildman–Crippen MR) is 100 cm³/mol. The van der Waals surface area contributed by atoms with Crippen LogP contribution in [0.25, 0.3) is 0 Å². The van der Waals surface area contributed by atoms with Gasteiger partial charge in [-0.05, 0) is 23.0 Å². The van der Waals surface area contributed by atoms with E-state index in [4.69, 9.17) is 4.43 Å². The zero-order valence-electron chi connectivity index (χ0n) is 15.1. The minimum absolute atomic E-state index is 0.0521. The Kier molecular flexibility index (Phi) is 7.69. The van der Waals surface area contributed by atoms with E-state index in [1.807, 2.05) is 11.0 Å². The van der Waals surface area contributed by atoms with Crippen LogP contribution >= 0.6 is 11.8 Å². The molecule has 0 bridgehead atoms. The summed E-state index contributed by atoms with van der Waals surface area (Å²) in [5.41, 5.74) is 1.69. The van der Waals surface area contributed by atoms with Gasteiger partial charge in [0.15, 0.2) is 8.32 Å². The van der Waals surface area contributed by atoms with Crippen molar-refractivity contribution in [3.63, 3.8) is 0 Å². The Morgan fingerprint density at radius 2 is 1.68 bits per heavy atom. The number of nitrogens with zero attached hydrogens (tertiary/aromatic N) is 1. The molecule has 128 valence electrons. The quantitative estimate of drug-likeness (QED) is 0.443. The number of carbonyl (C=O) groups is 1. The van der Waals surface area contributed by atoms with Crippen LogP contribution in [0, 0.1) is 0 Å². The topological polar surface area (TPSA) is 29.5 Å². The summed E-state index contributed by atoms with van der Waals surface area (Å²) in [6, 6.07) is 0. The third-order valence-corrected chi connectivity index (χ3v) is 12.0. The first-order valence-electron chi connectivity index (χ1n) is 8.47. The molecule has 1 fully saturated rings. The van der Waals surface area contributed by atoms with Crippen LogP contribution in [0.4, 0.5) is 4.79 Å². The fourth-order valence-electron chi connectivity index (χ4n) is 3.58. The van der Waals surface area contributed by atoms with E-state index >= 15 is 0 Å². The lowest BCUT2D eigenvalue weighted by molar-refractivity contribution is 0.192. The standard InChI is InChI=1S/C17H33NO2SSi/c1-8-16(21-17(19)18-10-9-11-18)12-20-22(13(2)3,14(4)5)15(6)7/h8,13-16H,1,9-12H2,2-7H3/t16-/m1/s1. The molecule has 1 aliphatic rings. The van der Waals surface area contributed by atoms with Crippen molar-refractivity contribution < 1.29 is 9.22 Å². The van der Waals surface area contributed by atoms with Gasteiger partial charge in [-0.1, -0.05) is 59.4 Å². The van der Waals surface area contributed by atoms with Gasteiger partial charge < -0.3 is 9.33 Å². The zero-order chi connectivity index (χ0) is 16.9. The van der Waals surface area contributed by atoms with Crippen molar-refractivity contribution in [1.29, 1.82) is 0 Å². The average molecular weight is 344 g/mol. The van der Waals surface area contributed by atoms with E-state index in [9.17, 15) is 4.79 Å². The van der Waals surface area contributed by atoms with Crippen LogP contribution < -0.4 is 0 Å². The fraction of sp³-hybridized carbons (Fsp3) is 0.824. The Morgan fingerprint density at radius 1 is 1.18 bits per heavy atom. The van der Waals surface area contributed by atoms with Gasteiger partial charge in [-0.3, -0.25) is 4.79 Å². The Morgan fingerprint density at radius 3 is 2.00 bits per heavy atom. The summed E-state index contributed by atoms with van der Waals surface area (Å²) in [6.07, 6.45) is 2.99. The molecule has 1 saturated heterocycles. The summed E-state index contributed by atoms with van der Waals surface area (Å²) in [6.45, 7) is 20.0. The van der Waals surface area contributed by atoms with Gasteiger partial charge in [0.05, 0.1) is 5.25 Å². The summed E-state index contributed by atoms with van der Waals surface area (Å²) in [5, 5.41) is 0.224. The molecule has 1 aliphatic heterocycles. The summed E-state index contributed by atoms with van der Waals surface area (Å²) in [4.78, 5) is 14.0. The van der Waals surface area contributed by atoms with E-state index in [1.54, 1.807) is 0 Å². The van der Waals surface area contributed by atoms with E-state index in [0.717, 1.165) is 19.5 Å². The van der Waals surface area contributed by atoms with Crippen LogP contribution in [0.2, 0.25) is 16.6 Å². The van der Waals surface area contributed by atoms with Gasteiger partial charge in [-0.2, -0.15) is 0 Å². The monoisotopic (exact) mass is 343 g/mol. The van der Waals surface area contributed by atoms with Crippen LogP contribution in [0.15, 0.2) is 12.7 Å². The molecule has 0 aliphatic carbocycles. The molecule has 1 amide bonds. The van der Waals surface area contributed by atoms with Crippen LogP contribution in [0.5, 0.6) is 0 Å². The summed E-state index contributed by atoms with van der Waals surface area (Å²) in [5.74, 6) is 0. The Hall–Kier alpha value is -0.263. The van der Waals surface area contributed by atoms with E-state index in [2.05, 4.69) is 48.1 Å². The van der Waals surface area contributed by atoms with Crippen LogP contribution in [0.1, 0.15) is 48.0 Å². The van der Waals surface area contributed by atoms with Gasteiger partial charge >= 0.3 is 0 Å². The first-order valence-corrected chi connectivity index (χ1v) is 11.5. The Labute approximate surface area is 142 Å². The highest BCUT2D eigenvalue weighted by atomic mass is 32.2. The maximum atomic E-state index is 12.1. The molecular weight excluding hydrogens is 310 g/mol. The minimum Gasteiger partial charge on any atom is -0.415 e. The largest absolute Gasteiger partial charge is 0.415 e. The molecule has 0 radical (unpaired) electrons. The third-order valence-electron chi connectivity index (χ3n) is 4.83. The molecular formula is C17H33NO2SSi. The lowest BCUT2D eigenvalue weighted by atomic mass is 10.2. The SMILES string of the molecule is C=C[C@H](CO[Si](C(C)C)(C(C)C)C(C)C)SC(=O)N1CCC1. The predicted octanol–water partition coefficient (Wildman–Crippen LogP) is 5.29. The van der Waals surface area contributed by atoms with Crippen molar-refractivity contribution in [2.45, 2.75) is 69.8 Å². The van der Waals surface area contributed by atoms with Gasteiger partial charge in [-0.15, -0.1) is 6.58 Å². The molecule has 3 nitrogen and oxygen atoms in total. The number of hydrogen-bond acceptors (Lipinski definition) is 3. The second-order valence-electron chi connectivity index (χ2n) is 7.13. The fourth-order valence-corrected chi connectivity index (χ4v) is 9.99. The Balaban J connectivity index is 2.68. The minimum atomic E-state index is -1.87. The molecule has 0 aromatic rings. The second-order valence-corrected chi connectivity index (χ2v) is 13.8. The smallest absolute Gasteiger partial charge is 0.282 e. The number of likely N-dealkylation sites (tertiary alicyclic amines) is 1. The van der Waals surface area contributed by atoms with Crippen LogP contribution in [-0.4, -0.2) is 43.4 Å². The molecule has 0 aromatic carbocycles. The number of carbonyl (C=O) groups excluding carboxylic acids is 1. The lowest BCUT2D eigenvalue weighted by Crippen LogP contribution is -2.49. The van der Waals surface area contributed by atoms with Crippen molar-refractivity contribution in [2.75, 3.05) is 19.7 Å². The van der Waals surface area contributed by atoms with E-state index in [-0.39, 0.29) is 10.5 Å². The van der Waals surface area contributed by atoms with E-state index in [0.29, 0.717) is 23.2 Å². The Bertz CT molecular complexity index is 359. The van der Waals surface area contributed by atoms with Gasteiger partial charge in [-0.25, -0.2) is 0 Å². The maximum absolute atomic E-state index is 12.1. The number of hydrogen-bond donors (Lipinski definition) is 0. The van der Waals surface area contributed by atoms with Crippen molar-refractivity contribution in [3.05, 3.63) is 12.7 Å². The zero-order valence-corrected chi connectivity index (χ0v) is 16.9. The summed E-state index contributed by atoms with van der Waals surface area (Å²) < 4.78 is 6.58. The average Bonchev–Trinajstić information content (AvgIpc) is 2.34. The number of rotatable bonds is 8. The third kappa shape index (κ3) is 4.39. The van der Waals surface area contributed by atoms with E-state index in [1.165, 1.54) is 11.8 Å². The molecule has 0 saturated carbocycles. The molecule has 22 heavy (non-hydrogen) atoms. The normalized spacial score (nSPS) is 17.0. The maximum Gasteiger partial charge on any atom is 0.282 e. The summed E-state index contributed by atoms with van der Waals surface area (Å²) in [7, 11) is -1.87. The molecule has 0 spiro atoms. The van der Waals surface area contributed by atoms with Gasteiger partial charge in [0.1, 0.15) is 0 Å². The van der Waals surface area contributed by atoms with Gasteiger partial charge in [0.2, 0.25) is 0 Å². The first kappa shape index (κ1) is 19.8. The molecule has 1 heterocycles. The van der Waals surface area contributed by atoms with Crippen molar-refractivity contribution in [2.24, 2.45) is 0 Å². The number of amides is 1. The van der Waals surface area contributed by atoms with Crippen molar-refractivity contribution >= 4 is 25.3 Å². The van der Waals surface area contributed by atoms with Crippen molar-refractivity contribution in [3.8, 4) is 0 Å². The van der Waals surface area contributed by atoms with Gasteiger partial charge in [0.25, 0.3) is 5.24 Å². The molecule has 1 atom stereocenters. The first-order chi connectivity index (χ1) is 10.3. The van der Waals surface area contributed by atoms with Gasteiger partial charge in [0, 0.05) is 19.7 Å². The molecule has 0 unspecified atom stereocenters. The van der Waals surface area contributed by atoms with E-state index < -0.39 is 8.32 Å². The number of thioether (sulfide) groups is 1. The second kappa shape index (κ2) is 8.55. The highest BCUT2D eigenvalue weighted by Crippen LogP contribution is 2.42. The van der Waals surface area contributed by atoms with Crippen LogP contribution in [0.3, 0.4) is 0 Å². The highest BCUT2D eigenvalue weighted by molar-refractivity contribution is 8.14. The summed E-state index contributed by atoms with van der Waals surface area (Å²) >= 11 is 1.37. The molecule has 1 rings (SSSR count).